The minimum Gasteiger partial charge on any atom is -0.445 e. The van der Waals surface area contributed by atoms with Crippen molar-refractivity contribution in [2.24, 2.45) is 11.7 Å². The Kier molecular flexibility index (Phi) is 8.41. The maximum absolute atomic E-state index is 12.8. The van der Waals surface area contributed by atoms with Crippen molar-refractivity contribution in [2.45, 2.75) is 45.9 Å². The van der Waals surface area contributed by atoms with Gasteiger partial charge < -0.3 is 21.1 Å². The third kappa shape index (κ3) is 7.24. The van der Waals surface area contributed by atoms with E-state index < -0.39 is 30.0 Å². The first-order valence-corrected chi connectivity index (χ1v) is 9.88. The molecule has 0 aliphatic heterocycles. The van der Waals surface area contributed by atoms with Crippen molar-refractivity contribution in [1.29, 1.82) is 0 Å². The molecule has 7 nitrogen and oxygen atoms in total. The third-order valence-corrected chi connectivity index (χ3v) is 4.62. The number of hydrogen-bond acceptors (Lipinski definition) is 4. The summed E-state index contributed by atoms with van der Waals surface area (Å²) in [5.74, 6) is -1.35. The zero-order chi connectivity index (χ0) is 22.1. The van der Waals surface area contributed by atoms with Gasteiger partial charge in [-0.3, -0.25) is 9.59 Å². The van der Waals surface area contributed by atoms with Gasteiger partial charge in [0, 0.05) is 6.42 Å². The molecule has 0 aromatic heterocycles. The molecule has 0 aliphatic carbocycles. The predicted octanol–water partition coefficient (Wildman–Crippen LogP) is 2.46. The highest BCUT2D eigenvalue weighted by molar-refractivity contribution is 5.91. The van der Waals surface area contributed by atoms with Gasteiger partial charge in [-0.2, -0.15) is 0 Å². The molecule has 2 aromatic carbocycles. The Hall–Kier alpha value is -3.35. The number of nitrogens with one attached hydrogen (secondary N) is 2. The van der Waals surface area contributed by atoms with E-state index in [-0.39, 0.29) is 18.9 Å². The largest absolute Gasteiger partial charge is 0.445 e. The number of carbonyl (C=O) groups excluding carboxylic acids is 3. The summed E-state index contributed by atoms with van der Waals surface area (Å²) in [6, 6.07) is 15.1. The van der Waals surface area contributed by atoms with Crippen LogP contribution in [0.15, 0.2) is 54.6 Å². The van der Waals surface area contributed by atoms with E-state index in [0.29, 0.717) is 0 Å². The molecule has 0 aliphatic rings. The molecule has 0 spiro atoms. The van der Waals surface area contributed by atoms with Crippen LogP contribution >= 0.6 is 0 Å². The zero-order valence-electron chi connectivity index (χ0n) is 17.6. The van der Waals surface area contributed by atoms with Gasteiger partial charge in [-0.05, 0) is 24.0 Å². The summed E-state index contributed by atoms with van der Waals surface area (Å²) in [6.45, 7) is 5.63. The number of amides is 3. The van der Waals surface area contributed by atoms with E-state index in [9.17, 15) is 14.4 Å². The lowest BCUT2D eigenvalue weighted by Gasteiger charge is -2.24. The van der Waals surface area contributed by atoms with Gasteiger partial charge in [0.2, 0.25) is 11.8 Å². The highest BCUT2D eigenvalue weighted by Crippen LogP contribution is 2.09. The first kappa shape index (κ1) is 22.9. The van der Waals surface area contributed by atoms with Crippen LogP contribution in [0.5, 0.6) is 0 Å². The second kappa shape index (κ2) is 11.0. The summed E-state index contributed by atoms with van der Waals surface area (Å²) >= 11 is 0. The lowest BCUT2D eigenvalue weighted by Crippen LogP contribution is -2.55. The van der Waals surface area contributed by atoms with Crippen LogP contribution < -0.4 is 16.4 Å². The van der Waals surface area contributed by atoms with Gasteiger partial charge in [-0.15, -0.1) is 0 Å². The Morgan fingerprint density at radius 2 is 1.63 bits per heavy atom. The minimum absolute atomic E-state index is 0.0936. The fourth-order valence-electron chi connectivity index (χ4n) is 2.99. The molecule has 30 heavy (non-hydrogen) atoms. The second-order valence-corrected chi connectivity index (χ2v) is 7.58. The van der Waals surface area contributed by atoms with Gasteiger partial charge in [0.15, 0.2) is 0 Å². The molecule has 7 heteroatoms. The van der Waals surface area contributed by atoms with Crippen LogP contribution in [-0.2, 0) is 27.4 Å². The topological polar surface area (TPSA) is 111 Å². The molecule has 0 saturated heterocycles. The average molecular weight is 412 g/mol. The molecular formula is C23H29N3O4. The number of benzene rings is 2. The quantitative estimate of drug-likeness (QED) is 0.589. The molecule has 0 bridgehead atoms. The van der Waals surface area contributed by atoms with Crippen LogP contribution in [-0.4, -0.2) is 30.0 Å². The minimum atomic E-state index is -0.886. The zero-order valence-corrected chi connectivity index (χ0v) is 17.6. The van der Waals surface area contributed by atoms with Gasteiger partial charge >= 0.3 is 6.09 Å². The van der Waals surface area contributed by atoms with E-state index in [1.807, 2.05) is 61.5 Å². The first-order chi connectivity index (χ1) is 14.3. The SMILES string of the molecule is Cc1cccc(C[C@H](NC(=O)[C@@H](NC(=O)OCc2ccccc2)C(C)C)C(N)=O)c1. The summed E-state index contributed by atoms with van der Waals surface area (Å²) < 4.78 is 5.20. The van der Waals surface area contributed by atoms with Crippen LogP contribution in [0.2, 0.25) is 0 Å². The van der Waals surface area contributed by atoms with Crippen LogP contribution in [0, 0.1) is 12.8 Å². The molecular weight excluding hydrogens is 382 g/mol. The molecule has 2 aromatic rings. The second-order valence-electron chi connectivity index (χ2n) is 7.58. The Morgan fingerprint density at radius 3 is 2.23 bits per heavy atom. The molecule has 0 saturated carbocycles. The fraction of sp³-hybridized carbons (Fsp3) is 0.348. The number of aryl methyl sites for hydroxylation is 1. The maximum atomic E-state index is 12.8. The number of nitrogens with two attached hydrogens (primary N) is 1. The highest BCUT2D eigenvalue weighted by Gasteiger charge is 2.28. The summed E-state index contributed by atoms with van der Waals surface area (Å²) in [5.41, 5.74) is 8.26. The summed E-state index contributed by atoms with van der Waals surface area (Å²) in [5, 5.41) is 5.24. The van der Waals surface area contributed by atoms with E-state index in [1.165, 1.54) is 0 Å². The van der Waals surface area contributed by atoms with Gasteiger partial charge in [0.1, 0.15) is 18.7 Å². The Morgan fingerprint density at radius 1 is 0.967 bits per heavy atom. The van der Waals surface area contributed by atoms with Crippen molar-refractivity contribution in [3.63, 3.8) is 0 Å². The van der Waals surface area contributed by atoms with Crippen molar-refractivity contribution in [1.82, 2.24) is 10.6 Å². The van der Waals surface area contributed by atoms with Gasteiger partial charge in [-0.25, -0.2) is 4.79 Å². The molecule has 4 N–H and O–H groups in total. The normalized spacial score (nSPS) is 12.7. The molecule has 160 valence electrons. The predicted molar refractivity (Wildman–Crippen MR) is 114 cm³/mol. The smallest absolute Gasteiger partial charge is 0.408 e. The van der Waals surface area contributed by atoms with E-state index in [2.05, 4.69) is 10.6 Å². The standard InChI is InChI=1S/C23H29N3O4/c1-15(2)20(26-23(29)30-14-17-9-5-4-6-10-17)22(28)25-19(21(24)27)13-18-11-7-8-16(3)12-18/h4-12,15,19-20H,13-14H2,1-3H3,(H2,24,27)(H,25,28)(H,26,29)/t19-,20-/m0/s1. The number of rotatable bonds is 9. The van der Waals surface area contributed by atoms with Gasteiger partial charge in [0.05, 0.1) is 0 Å². The summed E-state index contributed by atoms with van der Waals surface area (Å²) in [4.78, 5) is 36.8. The number of alkyl carbamates (subject to hydrolysis) is 1. The molecule has 0 fully saturated rings. The van der Waals surface area contributed by atoms with Crippen molar-refractivity contribution in [3.8, 4) is 0 Å². The third-order valence-electron chi connectivity index (χ3n) is 4.62. The molecule has 0 heterocycles. The maximum Gasteiger partial charge on any atom is 0.408 e. The number of hydrogen-bond donors (Lipinski definition) is 3. The molecule has 0 unspecified atom stereocenters. The summed E-state index contributed by atoms with van der Waals surface area (Å²) in [6.07, 6.45) is -0.437. The van der Waals surface area contributed by atoms with Gasteiger partial charge in [-0.1, -0.05) is 74.0 Å². The van der Waals surface area contributed by atoms with Gasteiger partial charge in [0.25, 0.3) is 0 Å². The van der Waals surface area contributed by atoms with Crippen molar-refractivity contribution >= 4 is 17.9 Å². The van der Waals surface area contributed by atoms with E-state index in [4.69, 9.17) is 10.5 Å². The number of primary amides is 1. The van der Waals surface area contributed by atoms with E-state index >= 15 is 0 Å². The Labute approximate surface area is 177 Å². The monoisotopic (exact) mass is 411 g/mol. The fourth-order valence-corrected chi connectivity index (χ4v) is 2.99. The van der Waals surface area contributed by atoms with Crippen LogP contribution in [0.3, 0.4) is 0 Å². The molecule has 0 radical (unpaired) electrons. The lowest BCUT2D eigenvalue weighted by molar-refractivity contribution is -0.129. The van der Waals surface area contributed by atoms with E-state index in [0.717, 1.165) is 16.7 Å². The lowest BCUT2D eigenvalue weighted by atomic mass is 10.0. The summed E-state index contributed by atoms with van der Waals surface area (Å²) in [7, 11) is 0. The van der Waals surface area contributed by atoms with Crippen LogP contribution in [0.25, 0.3) is 0 Å². The first-order valence-electron chi connectivity index (χ1n) is 9.88. The van der Waals surface area contributed by atoms with Crippen LogP contribution in [0.4, 0.5) is 4.79 Å². The van der Waals surface area contributed by atoms with Crippen molar-refractivity contribution < 1.29 is 19.1 Å². The number of ether oxygens (including phenoxy) is 1. The van der Waals surface area contributed by atoms with Crippen molar-refractivity contribution in [3.05, 3.63) is 71.3 Å². The highest BCUT2D eigenvalue weighted by atomic mass is 16.5. The average Bonchev–Trinajstić information content (AvgIpc) is 2.70. The van der Waals surface area contributed by atoms with Crippen molar-refractivity contribution in [2.75, 3.05) is 0 Å². The molecule has 3 amide bonds. The van der Waals surface area contributed by atoms with Crippen LogP contribution in [0.1, 0.15) is 30.5 Å². The number of carbonyl (C=O) groups is 3. The van der Waals surface area contributed by atoms with E-state index in [1.54, 1.807) is 13.8 Å². The molecule has 2 atom stereocenters. The Balaban J connectivity index is 1.98. The molecule has 2 rings (SSSR count). The Bertz CT molecular complexity index is 868.